The van der Waals surface area contributed by atoms with E-state index in [2.05, 4.69) is 0 Å². The molecule has 1 rings (SSSR count). The van der Waals surface area contributed by atoms with Crippen LogP contribution in [0.15, 0.2) is 17.0 Å². The van der Waals surface area contributed by atoms with E-state index in [1.165, 1.54) is 13.8 Å². The SMILES string of the molecule is Cc1cc(F)cc(C)c1S(=O)(=O)NC[C@H](O)C(=O)O. The number of sulfonamides is 1. The first kappa shape index (κ1) is 15.5. The summed E-state index contributed by atoms with van der Waals surface area (Å²) in [5.41, 5.74) is 0.407. The topological polar surface area (TPSA) is 104 Å². The maximum Gasteiger partial charge on any atom is 0.333 e. The molecular formula is C11H14FNO5S. The minimum absolute atomic E-state index is 0.119. The average Bonchev–Trinajstić information content (AvgIpc) is 2.23. The van der Waals surface area contributed by atoms with Crippen LogP contribution in [-0.4, -0.2) is 37.2 Å². The van der Waals surface area contributed by atoms with E-state index in [0.29, 0.717) is 0 Å². The molecule has 0 saturated heterocycles. The van der Waals surface area contributed by atoms with E-state index < -0.39 is 34.5 Å². The average molecular weight is 291 g/mol. The molecule has 0 unspecified atom stereocenters. The summed E-state index contributed by atoms with van der Waals surface area (Å²) in [5, 5.41) is 17.5. The summed E-state index contributed by atoms with van der Waals surface area (Å²) in [5.74, 6) is -2.09. The largest absolute Gasteiger partial charge is 0.479 e. The number of aliphatic hydroxyl groups is 1. The fourth-order valence-electron chi connectivity index (χ4n) is 1.67. The Morgan fingerprint density at radius 2 is 1.84 bits per heavy atom. The lowest BCUT2D eigenvalue weighted by Gasteiger charge is -2.13. The van der Waals surface area contributed by atoms with Gasteiger partial charge in [-0.2, -0.15) is 0 Å². The third kappa shape index (κ3) is 3.72. The van der Waals surface area contributed by atoms with Crippen LogP contribution in [-0.2, 0) is 14.8 Å². The van der Waals surface area contributed by atoms with Crippen LogP contribution in [0.4, 0.5) is 4.39 Å². The van der Waals surface area contributed by atoms with Crippen molar-refractivity contribution in [2.75, 3.05) is 6.54 Å². The molecule has 0 aliphatic heterocycles. The Morgan fingerprint density at radius 3 is 2.26 bits per heavy atom. The number of aliphatic hydroxyl groups excluding tert-OH is 1. The molecule has 0 spiro atoms. The fraction of sp³-hybridized carbons (Fsp3) is 0.364. The first-order valence-electron chi connectivity index (χ1n) is 5.32. The molecule has 1 aromatic carbocycles. The van der Waals surface area contributed by atoms with Gasteiger partial charge in [0.1, 0.15) is 5.82 Å². The van der Waals surface area contributed by atoms with Gasteiger partial charge in [-0.05, 0) is 37.1 Å². The van der Waals surface area contributed by atoms with Crippen molar-refractivity contribution in [1.82, 2.24) is 4.72 Å². The van der Waals surface area contributed by atoms with Gasteiger partial charge < -0.3 is 10.2 Å². The smallest absolute Gasteiger partial charge is 0.333 e. The van der Waals surface area contributed by atoms with E-state index in [1.54, 1.807) is 0 Å². The Bertz CT molecular complexity index is 576. The molecule has 0 saturated carbocycles. The zero-order valence-corrected chi connectivity index (χ0v) is 11.2. The third-order valence-corrected chi connectivity index (χ3v) is 4.17. The molecule has 0 fully saturated rings. The summed E-state index contributed by atoms with van der Waals surface area (Å²) in [7, 11) is -4.01. The normalized spacial score (nSPS) is 13.3. The predicted molar refractivity (Wildman–Crippen MR) is 64.7 cm³/mol. The maximum absolute atomic E-state index is 13.1. The Labute approximate surface area is 109 Å². The van der Waals surface area contributed by atoms with E-state index in [0.717, 1.165) is 12.1 Å². The number of halogens is 1. The zero-order valence-electron chi connectivity index (χ0n) is 10.3. The van der Waals surface area contributed by atoms with Crippen molar-refractivity contribution in [3.05, 3.63) is 29.1 Å². The van der Waals surface area contributed by atoms with Crippen molar-refractivity contribution in [3.8, 4) is 0 Å². The van der Waals surface area contributed by atoms with Gasteiger partial charge in [-0.1, -0.05) is 0 Å². The van der Waals surface area contributed by atoms with Crippen LogP contribution in [0, 0.1) is 19.7 Å². The lowest BCUT2D eigenvalue weighted by molar-refractivity contribution is -0.146. The molecule has 0 radical (unpaired) electrons. The van der Waals surface area contributed by atoms with Crippen molar-refractivity contribution in [3.63, 3.8) is 0 Å². The molecule has 0 amide bonds. The molecule has 8 heteroatoms. The first-order valence-corrected chi connectivity index (χ1v) is 6.80. The van der Waals surface area contributed by atoms with Crippen LogP contribution in [0.2, 0.25) is 0 Å². The predicted octanol–water partition coefficient (Wildman–Crippen LogP) is 0.166. The minimum atomic E-state index is -4.01. The van der Waals surface area contributed by atoms with Gasteiger partial charge in [0.25, 0.3) is 0 Å². The molecule has 1 atom stereocenters. The minimum Gasteiger partial charge on any atom is -0.479 e. The highest BCUT2D eigenvalue weighted by molar-refractivity contribution is 7.89. The van der Waals surface area contributed by atoms with Gasteiger partial charge in [-0.25, -0.2) is 22.3 Å². The van der Waals surface area contributed by atoms with Gasteiger partial charge in [0, 0.05) is 6.54 Å². The first-order chi connectivity index (χ1) is 8.65. The van der Waals surface area contributed by atoms with Crippen molar-refractivity contribution >= 4 is 16.0 Å². The lowest BCUT2D eigenvalue weighted by atomic mass is 10.1. The van der Waals surface area contributed by atoms with Crippen LogP contribution >= 0.6 is 0 Å². The van der Waals surface area contributed by atoms with Crippen LogP contribution in [0.5, 0.6) is 0 Å². The van der Waals surface area contributed by atoms with Gasteiger partial charge in [-0.15, -0.1) is 0 Å². The van der Waals surface area contributed by atoms with Crippen LogP contribution in [0.1, 0.15) is 11.1 Å². The fourth-order valence-corrected chi connectivity index (χ4v) is 3.16. The second-order valence-electron chi connectivity index (χ2n) is 4.07. The van der Waals surface area contributed by atoms with Crippen LogP contribution in [0.3, 0.4) is 0 Å². The zero-order chi connectivity index (χ0) is 14.8. The molecule has 0 bridgehead atoms. The monoisotopic (exact) mass is 291 g/mol. The quantitative estimate of drug-likeness (QED) is 0.717. The number of hydrogen-bond acceptors (Lipinski definition) is 4. The summed E-state index contributed by atoms with van der Waals surface area (Å²) < 4.78 is 39.0. The summed E-state index contributed by atoms with van der Waals surface area (Å²) in [6.45, 7) is 2.20. The molecular weight excluding hydrogens is 277 g/mol. The van der Waals surface area contributed by atoms with Gasteiger partial charge in [0.15, 0.2) is 6.10 Å². The molecule has 0 aromatic heterocycles. The second-order valence-corrected chi connectivity index (χ2v) is 5.78. The molecule has 0 heterocycles. The van der Waals surface area contributed by atoms with Gasteiger partial charge in [0.05, 0.1) is 4.90 Å². The maximum atomic E-state index is 13.1. The molecule has 0 aliphatic carbocycles. The Balaban J connectivity index is 3.05. The molecule has 0 aliphatic rings. The Kier molecular flexibility index (Phi) is 4.61. The van der Waals surface area contributed by atoms with E-state index in [4.69, 9.17) is 10.2 Å². The van der Waals surface area contributed by atoms with E-state index in [1.807, 2.05) is 4.72 Å². The highest BCUT2D eigenvalue weighted by Crippen LogP contribution is 2.21. The lowest BCUT2D eigenvalue weighted by Crippen LogP contribution is -2.37. The van der Waals surface area contributed by atoms with Crippen LogP contribution < -0.4 is 4.72 Å². The van der Waals surface area contributed by atoms with E-state index in [-0.39, 0.29) is 16.0 Å². The number of aryl methyl sites for hydroxylation is 2. The highest BCUT2D eigenvalue weighted by atomic mass is 32.2. The van der Waals surface area contributed by atoms with Crippen molar-refractivity contribution < 1.29 is 27.8 Å². The number of nitrogens with one attached hydrogen (secondary N) is 1. The highest BCUT2D eigenvalue weighted by Gasteiger charge is 2.23. The number of carboxylic acids is 1. The molecule has 6 nitrogen and oxygen atoms in total. The number of aliphatic carboxylic acids is 1. The summed E-state index contributed by atoms with van der Waals surface area (Å²) in [6, 6.07) is 2.13. The summed E-state index contributed by atoms with van der Waals surface area (Å²) in [6.07, 6.45) is -1.84. The molecule has 1 aromatic rings. The number of carboxylic acid groups (broad SMARTS) is 1. The van der Waals surface area contributed by atoms with Crippen molar-refractivity contribution in [2.24, 2.45) is 0 Å². The second kappa shape index (κ2) is 5.64. The Morgan fingerprint density at radius 1 is 1.37 bits per heavy atom. The van der Waals surface area contributed by atoms with Gasteiger partial charge in [-0.3, -0.25) is 0 Å². The van der Waals surface area contributed by atoms with E-state index >= 15 is 0 Å². The molecule has 19 heavy (non-hydrogen) atoms. The van der Waals surface area contributed by atoms with Gasteiger partial charge >= 0.3 is 5.97 Å². The standard InChI is InChI=1S/C11H14FNO5S/c1-6-3-8(12)4-7(2)10(6)19(17,18)13-5-9(14)11(15)16/h3-4,9,13-14H,5H2,1-2H3,(H,15,16)/t9-/m0/s1. The molecule has 106 valence electrons. The van der Waals surface area contributed by atoms with Crippen LogP contribution in [0.25, 0.3) is 0 Å². The third-order valence-electron chi connectivity index (χ3n) is 2.45. The van der Waals surface area contributed by atoms with Crippen molar-refractivity contribution in [2.45, 2.75) is 24.8 Å². The van der Waals surface area contributed by atoms with E-state index in [9.17, 15) is 17.6 Å². The number of hydrogen-bond donors (Lipinski definition) is 3. The number of carbonyl (C=O) groups is 1. The van der Waals surface area contributed by atoms with Crippen molar-refractivity contribution in [1.29, 1.82) is 0 Å². The Hall–Kier alpha value is -1.51. The molecule has 3 N–H and O–H groups in total. The summed E-state index contributed by atoms with van der Waals surface area (Å²) >= 11 is 0. The number of benzene rings is 1. The van der Waals surface area contributed by atoms with Gasteiger partial charge in [0.2, 0.25) is 10.0 Å². The number of rotatable bonds is 5. The summed E-state index contributed by atoms with van der Waals surface area (Å²) in [4.78, 5) is 10.3.